The highest BCUT2D eigenvalue weighted by molar-refractivity contribution is 6.09. The first-order valence-corrected chi connectivity index (χ1v) is 10.6. The molecular weight excluding hydrogens is 392 g/mol. The quantitative estimate of drug-likeness (QED) is 0.830. The van der Waals surface area contributed by atoms with Crippen LogP contribution in [-0.2, 0) is 4.79 Å². The number of aliphatic hydroxyl groups is 1. The lowest BCUT2D eigenvalue weighted by atomic mass is 10.00. The Hall–Kier alpha value is -3.32. The SMILES string of the molecule is O=C(c1ccc(-c2ccc(C3=NN=CC3)cc2)cc1)N1CCN(C(=O)C2(O)CC2)CC1. The molecule has 2 aromatic carbocycles. The molecular formula is C24H24N4O3. The first kappa shape index (κ1) is 19.6. The summed E-state index contributed by atoms with van der Waals surface area (Å²) in [6.45, 7) is 1.90. The smallest absolute Gasteiger partial charge is 0.254 e. The molecule has 1 saturated heterocycles. The molecule has 1 aliphatic carbocycles. The van der Waals surface area contributed by atoms with Crippen LogP contribution >= 0.6 is 0 Å². The normalized spacial score (nSPS) is 19.3. The molecule has 2 aromatic rings. The van der Waals surface area contributed by atoms with Gasteiger partial charge in [-0.1, -0.05) is 36.4 Å². The maximum atomic E-state index is 12.9. The molecule has 2 aliphatic heterocycles. The summed E-state index contributed by atoms with van der Waals surface area (Å²) in [5.41, 5.74) is 3.66. The van der Waals surface area contributed by atoms with Crippen molar-refractivity contribution in [2.75, 3.05) is 26.2 Å². The van der Waals surface area contributed by atoms with Gasteiger partial charge in [0.05, 0.1) is 5.71 Å². The van der Waals surface area contributed by atoms with Gasteiger partial charge in [0.1, 0.15) is 5.60 Å². The Morgan fingerprint density at radius 2 is 1.35 bits per heavy atom. The molecule has 2 heterocycles. The lowest BCUT2D eigenvalue weighted by molar-refractivity contribution is -0.143. The lowest BCUT2D eigenvalue weighted by Crippen LogP contribution is -2.53. The van der Waals surface area contributed by atoms with E-state index in [0.717, 1.165) is 28.8 Å². The Balaban J connectivity index is 1.21. The van der Waals surface area contributed by atoms with Crippen LogP contribution in [0.2, 0.25) is 0 Å². The molecule has 2 amide bonds. The predicted molar refractivity (Wildman–Crippen MR) is 118 cm³/mol. The van der Waals surface area contributed by atoms with Crippen LogP contribution in [0.5, 0.6) is 0 Å². The monoisotopic (exact) mass is 416 g/mol. The maximum Gasteiger partial charge on any atom is 0.254 e. The van der Waals surface area contributed by atoms with E-state index in [4.69, 9.17) is 0 Å². The van der Waals surface area contributed by atoms with Crippen molar-refractivity contribution in [1.82, 2.24) is 9.80 Å². The number of piperazine rings is 1. The number of hydrogen-bond acceptors (Lipinski definition) is 5. The fourth-order valence-electron chi connectivity index (χ4n) is 4.04. The van der Waals surface area contributed by atoms with E-state index in [-0.39, 0.29) is 11.8 Å². The first-order valence-electron chi connectivity index (χ1n) is 10.6. The first-order chi connectivity index (χ1) is 15.0. The molecule has 31 heavy (non-hydrogen) atoms. The fourth-order valence-corrected chi connectivity index (χ4v) is 4.04. The second kappa shape index (κ2) is 7.74. The summed E-state index contributed by atoms with van der Waals surface area (Å²) >= 11 is 0. The minimum absolute atomic E-state index is 0.0293. The second-order valence-electron chi connectivity index (χ2n) is 8.32. The Morgan fingerprint density at radius 3 is 1.90 bits per heavy atom. The average molecular weight is 416 g/mol. The van der Waals surface area contributed by atoms with Crippen molar-refractivity contribution >= 4 is 23.7 Å². The Kier molecular flexibility index (Phi) is 4.90. The number of nitrogens with zero attached hydrogens (tertiary/aromatic N) is 4. The van der Waals surface area contributed by atoms with Crippen molar-refractivity contribution in [3.05, 3.63) is 59.7 Å². The number of rotatable bonds is 4. The fraction of sp³-hybridized carbons (Fsp3) is 0.333. The van der Waals surface area contributed by atoms with Gasteiger partial charge in [-0.25, -0.2) is 0 Å². The largest absolute Gasteiger partial charge is 0.380 e. The molecule has 1 saturated carbocycles. The molecule has 0 spiro atoms. The van der Waals surface area contributed by atoms with Crippen LogP contribution in [0.3, 0.4) is 0 Å². The van der Waals surface area contributed by atoms with E-state index in [1.54, 1.807) is 16.0 Å². The number of amides is 2. The van der Waals surface area contributed by atoms with Crippen LogP contribution in [0.1, 0.15) is 35.2 Å². The summed E-state index contributed by atoms with van der Waals surface area (Å²) in [6.07, 6.45) is 3.65. The third-order valence-electron chi connectivity index (χ3n) is 6.20. The van der Waals surface area contributed by atoms with Gasteiger partial charge in [-0.05, 0) is 41.7 Å². The number of hydrogen-bond donors (Lipinski definition) is 1. The molecule has 7 heteroatoms. The summed E-state index contributed by atoms with van der Waals surface area (Å²) in [5.74, 6) is -0.221. The summed E-state index contributed by atoms with van der Waals surface area (Å²) < 4.78 is 0. The van der Waals surface area contributed by atoms with Crippen molar-refractivity contribution in [1.29, 1.82) is 0 Å². The van der Waals surface area contributed by atoms with Gasteiger partial charge in [0.15, 0.2) is 0 Å². The van der Waals surface area contributed by atoms with Gasteiger partial charge in [-0.2, -0.15) is 10.2 Å². The zero-order valence-electron chi connectivity index (χ0n) is 17.2. The van der Waals surface area contributed by atoms with Gasteiger partial charge in [0.25, 0.3) is 11.8 Å². The topological polar surface area (TPSA) is 85.6 Å². The Bertz CT molecular complexity index is 1060. The van der Waals surface area contributed by atoms with Gasteiger partial charge < -0.3 is 14.9 Å². The predicted octanol–water partition coefficient (Wildman–Crippen LogP) is 2.34. The lowest BCUT2D eigenvalue weighted by Gasteiger charge is -2.35. The third kappa shape index (κ3) is 3.88. The molecule has 5 rings (SSSR count). The van der Waals surface area contributed by atoms with Crippen molar-refractivity contribution < 1.29 is 14.7 Å². The molecule has 3 aliphatic rings. The third-order valence-corrected chi connectivity index (χ3v) is 6.20. The van der Waals surface area contributed by atoms with Gasteiger partial charge in [0.2, 0.25) is 0 Å². The van der Waals surface area contributed by atoms with E-state index in [9.17, 15) is 14.7 Å². The number of benzene rings is 2. The highest BCUT2D eigenvalue weighted by atomic mass is 16.3. The van der Waals surface area contributed by atoms with Crippen molar-refractivity contribution in [2.24, 2.45) is 10.2 Å². The molecule has 0 aromatic heterocycles. The van der Waals surface area contributed by atoms with Crippen LogP contribution in [0, 0.1) is 0 Å². The minimum Gasteiger partial charge on any atom is -0.380 e. The van der Waals surface area contributed by atoms with Crippen LogP contribution in [-0.4, -0.2) is 70.4 Å². The molecule has 0 radical (unpaired) electrons. The number of carbonyl (C=O) groups excluding carboxylic acids is 2. The van der Waals surface area contributed by atoms with E-state index < -0.39 is 5.60 Å². The van der Waals surface area contributed by atoms with Gasteiger partial charge in [-0.15, -0.1) is 0 Å². The van der Waals surface area contributed by atoms with E-state index >= 15 is 0 Å². The van der Waals surface area contributed by atoms with Crippen LogP contribution in [0.4, 0.5) is 0 Å². The van der Waals surface area contributed by atoms with Crippen LogP contribution < -0.4 is 0 Å². The molecule has 158 valence electrons. The van der Waals surface area contributed by atoms with Crippen molar-refractivity contribution in [3.63, 3.8) is 0 Å². The van der Waals surface area contributed by atoms with E-state index in [2.05, 4.69) is 22.3 Å². The molecule has 7 nitrogen and oxygen atoms in total. The van der Waals surface area contributed by atoms with Gasteiger partial charge in [-0.3, -0.25) is 9.59 Å². The highest BCUT2D eigenvalue weighted by Gasteiger charge is 2.50. The summed E-state index contributed by atoms with van der Waals surface area (Å²) in [6, 6.07) is 15.8. The summed E-state index contributed by atoms with van der Waals surface area (Å²) in [5, 5.41) is 18.0. The van der Waals surface area contributed by atoms with Crippen molar-refractivity contribution in [3.8, 4) is 11.1 Å². The number of carbonyl (C=O) groups is 2. The van der Waals surface area contributed by atoms with E-state index in [1.807, 2.05) is 36.4 Å². The highest BCUT2D eigenvalue weighted by Crippen LogP contribution is 2.37. The van der Waals surface area contributed by atoms with Crippen molar-refractivity contribution in [2.45, 2.75) is 24.9 Å². The van der Waals surface area contributed by atoms with Gasteiger partial charge in [0, 0.05) is 44.4 Å². The Labute approximate surface area is 180 Å². The minimum atomic E-state index is -1.14. The van der Waals surface area contributed by atoms with E-state index in [0.29, 0.717) is 44.6 Å². The molecule has 0 unspecified atom stereocenters. The van der Waals surface area contributed by atoms with Crippen LogP contribution in [0.25, 0.3) is 11.1 Å². The zero-order valence-corrected chi connectivity index (χ0v) is 17.2. The standard InChI is InChI=1S/C24H24N4O3/c29-22(27-13-15-28(16-14-27)23(30)24(31)10-11-24)20-7-3-18(4-8-20)17-1-5-19(6-2-17)21-9-12-25-26-21/h1-8,12,31H,9-11,13-16H2. The second-order valence-corrected chi connectivity index (χ2v) is 8.32. The summed E-state index contributed by atoms with van der Waals surface area (Å²) in [7, 11) is 0. The molecule has 0 bridgehead atoms. The average Bonchev–Trinajstić information content (AvgIpc) is 3.34. The van der Waals surface area contributed by atoms with Gasteiger partial charge >= 0.3 is 0 Å². The van der Waals surface area contributed by atoms with Crippen LogP contribution in [0.15, 0.2) is 58.7 Å². The maximum absolute atomic E-state index is 12.9. The molecule has 1 N–H and O–H groups in total. The summed E-state index contributed by atoms with van der Waals surface area (Å²) in [4.78, 5) is 28.6. The molecule has 2 fully saturated rings. The Morgan fingerprint density at radius 1 is 0.806 bits per heavy atom. The van der Waals surface area contributed by atoms with E-state index in [1.165, 1.54) is 0 Å². The molecule has 0 atom stereocenters. The zero-order chi connectivity index (χ0) is 21.4.